The summed E-state index contributed by atoms with van der Waals surface area (Å²) in [7, 11) is 1.76. The lowest BCUT2D eigenvalue weighted by atomic mass is 10.1. The number of carbonyl (C=O) groups excluding carboxylic acids is 1. The van der Waals surface area contributed by atoms with Gasteiger partial charge in [-0.2, -0.15) is 0 Å². The highest BCUT2D eigenvalue weighted by Gasteiger charge is 2.26. The summed E-state index contributed by atoms with van der Waals surface area (Å²) in [5.74, 6) is 0.306. The monoisotopic (exact) mass is 368 g/mol. The van der Waals surface area contributed by atoms with Crippen LogP contribution in [0.15, 0.2) is 34.7 Å². The quantitative estimate of drug-likeness (QED) is 0.727. The number of aromatic amines is 1. The van der Waals surface area contributed by atoms with Gasteiger partial charge in [-0.05, 0) is 18.6 Å². The van der Waals surface area contributed by atoms with E-state index in [2.05, 4.69) is 25.3 Å². The second kappa shape index (κ2) is 6.68. The molecule has 1 amide bonds. The largest absolute Gasteiger partial charge is 0.365 e. The average molecular weight is 368 g/mol. The maximum atomic E-state index is 12.7. The Hall–Kier alpha value is -3.07. The molecule has 1 aliphatic heterocycles. The van der Waals surface area contributed by atoms with Crippen LogP contribution in [0.25, 0.3) is 11.4 Å². The molecule has 0 saturated carbocycles. The first-order valence-corrected chi connectivity index (χ1v) is 8.98. The number of nitrogens with one attached hydrogen (secondary N) is 2. The van der Waals surface area contributed by atoms with Crippen LogP contribution in [-0.2, 0) is 13.0 Å². The molecule has 1 aliphatic rings. The summed E-state index contributed by atoms with van der Waals surface area (Å²) < 4.78 is 0. The SMILES string of the molecule is CNc1nc(C(=O)N2CCc3c(nc(-c4cccnc4)[nH]c3=O)C2)cs1. The van der Waals surface area contributed by atoms with E-state index in [0.29, 0.717) is 40.9 Å². The molecule has 0 spiro atoms. The fraction of sp³-hybridized carbons (Fsp3) is 0.235. The van der Waals surface area contributed by atoms with E-state index in [0.717, 1.165) is 5.56 Å². The highest BCUT2D eigenvalue weighted by atomic mass is 32.1. The number of H-pyrrole nitrogens is 1. The Labute approximate surface area is 153 Å². The van der Waals surface area contributed by atoms with Crippen molar-refractivity contribution in [3.8, 4) is 11.4 Å². The van der Waals surface area contributed by atoms with Crippen LogP contribution in [0.2, 0.25) is 0 Å². The smallest absolute Gasteiger partial charge is 0.273 e. The number of hydrogen-bond donors (Lipinski definition) is 2. The lowest BCUT2D eigenvalue weighted by Gasteiger charge is -2.27. The fourth-order valence-corrected chi connectivity index (χ4v) is 3.55. The summed E-state index contributed by atoms with van der Waals surface area (Å²) in [5, 5.41) is 5.35. The van der Waals surface area contributed by atoms with Crippen molar-refractivity contribution in [2.24, 2.45) is 0 Å². The molecule has 0 radical (unpaired) electrons. The number of hydrogen-bond acceptors (Lipinski definition) is 7. The van der Waals surface area contributed by atoms with E-state index in [4.69, 9.17) is 0 Å². The molecule has 4 heterocycles. The third-order valence-corrected chi connectivity index (χ3v) is 5.09. The van der Waals surface area contributed by atoms with E-state index in [1.165, 1.54) is 11.3 Å². The Balaban J connectivity index is 1.64. The molecule has 3 aromatic heterocycles. The summed E-state index contributed by atoms with van der Waals surface area (Å²) in [6.07, 6.45) is 3.78. The second-order valence-corrected chi connectivity index (χ2v) is 6.70. The summed E-state index contributed by atoms with van der Waals surface area (Å²) in [4.78, 5) is 42.5. The van der Waals surface area contributed by atoms with Gasteiger partial charge in [-0.3, -0.25) is 14.6 Å². The first kappa shape index (κ1) is 16.4. The predicted octanol–water partition coefficient (Wildman–Crippen LogP) is 1.53. The summed E-state index contributed by atoms with van der Waals surface area (Å²) >= 11 is 1.38. The molecule has 2 N–H and O–H groups in total. The van der Waals surface area contributed by atoms with Gasteiger partial charge in [0.15, 0.2) is 5.13 Å². The van der Waals surface area contributed by atoms with Gasteiger partial charge in [0.25, 0.3) is 11.5 Å². The van der Waals surface area contributed by atoms with Crippen molar-refractivity contribution in [1.29, 1.82) is 0 Å². The molecule has 0 bridgehead atoms. The number of nitrogens with zero attached hydrogens (tertiary/aromatic N) is 4. The van der Waals surface area contributed by atoms with Crippen molar-refractivity contribution >= 4 is 22.4 Å². The molecule has 0 aromatic carbocycles. The molecule has 4 rings (SSSR count). The zero-order valence-electron chi connectivity index (χ0n) is 14.0. The van der Waals surface area contributed by atoms with E-state index >= 15 is 0 Å². The highest BCUT2D eigenvalue weighted by molar-refractivity contribution is 7.13. The van der Waals surface area contributed by atoms with Gasteiger partial charge in [-0.1, -0.05) is 0 Å². The number of pyridine rings is 1. The van der Waals surface area contributed by atoms with Gasteiger partial charge < -0.3 is 15.2 Å². The molecule has 0 saturated heterocycles. The molecule has 26 heavy (non-hydrogen) atoms. The van der Waals surface area contributed by atoms with Crippen molar-refractivity contribution in [3.05, 3.63) is 57.2 Å². The van der Waals surface area contributed by atoms with Crippen molar-refractivity contribution in [1.82, 2.24) is 24.8 Å². The molecule has 9 heteroatoms. The van der Waals surface area contributed by atoms with Gasteiger partial charge in [0.1, 0.15) is 11.5 Å². The van der Waals surface area contributed by atoms with Crippen LogP contribution in [0.5, 0.6) is 0 Å². The maximum absolute atomic E-state index is 12.7. The third-order valence-electron chi connectivity index (χ3n) is 4.23. The lowest BCUT2D eigenvalue weighted by molar-refractivity contribution is 0.0726. The molecular weight excluding hydrogens is 352 g/mol. The molecular formula is C17H16N6O2S. The molecule has 0 atom stereocenters. The van der Waals surface area contributed by atoms with Gasteiger partial charge >= 0.3 is 0 Å². The average Bonchev–Trinajstić information content (AvgIpc) is 3.17. The third kappa shape index (κ3) is 2.97. The Kier molecular flexibility index (Phi) is 4.21. The van der Waals surface area contributed by atoms with E-state index in [-0.39, 0.29) is 18.0 Å². The summed E-state index contributed by atoms with van der Waals surface area (Å²) in [5.41, 5.74) is 2.23. The molecule has 3 aromatic rings. The Bertz CT molecular complexity index is 1010. The van der Waals surface area contributed by atoms with E-state index in [9.17, 15) is 9.59 Å². The number of anilines is 1. The van der Waals surface area contributed by atoms with Crippen molar-refractivity contribution in [2.75, 3.05) is 18.9 Å². The van der Waals surface area contributed by atoms with Gasteiger partial charge in [0.05, 0.1) is 12.2 Å². The second-order valence-electron chi connectivity index (χ2n) is 5.85. The number of carbonyl (C=O) groups is 1. The minimum atomic E-state index is -0.160. The first-order chi connectivity index (χ1) is 12.7. The Morgan fingerprint density at radius 2 is 2.27 bits per heavy atom. The first-order valence-electron chi connectivity index (χ1n) is 8.10. The van der Waals surface area contributed by atoms with Gasteiger partial charge in [-0.25, -0.2) is 9.97 Å². The Morgan fingerprint density at radius 1 is 1.38 bits per heavy atom. The minimum absolute atomic E-state index is 0.154. The van der Waals surface area contributed by atoms with Crippen LogP contribution in [0.3, 0.4) is 0 Å². The molecule has 132 valence electrons. The van der Waals surface area contributed by atoms with E-state index < -0.39 is 0 Å². The Morgan fingerprint density at radius 3 is 3.00 bits per heavy atom. The lowest BCUT2D eigenvalue weighted by Crippen LogP contribution is -2.39. The summed E-state index contributed by atoms with van der Waals surface area (Å²) in [6.45, 7) is 0.757. The maximum Gasteiger partial charge on any atom is 0.273 e. The normalized spacial score (nSPS) is 13.3. The van der Waals surface area contributed by atoms with Crippen LogP contribution in [-0.4, -0.2) is 44.3 Å². The molecule has 0 unspecified atom stereocenters. The minimum Gasteiger partial charge on any atom is -0.365 e. The van der Waals surface area contributed by atoms with Crippen LogP contribution < -0.4 is 10.9 Å². The molecule has 0 aliphatic carbocycles. The number of thiazole rings is 1. The van der Waals surface area contributed by atoms with Crippen molar-refractivity contribution in [3.63, 3.8) is 0 Å². The fourth-order valence-electron chi connectivity index (χ4n) is 2.90. The van der Waals surface area contributed by atoms with Gasteiger partial charge in [0.2, 0.25) is 0 Å². The van der Waals surface area contributed by atoms with Crippen molar-refractivity contribution < 1.29 is 4.79 Å². The van der Waals surface area contributed by atoms with Crippen LogP contribution in [0.1, 0.15) is 21.7 Å². The van der Waals surface area contributed by atoms with Crippen molar-refractivity contribution in [2.45, 2.75) is 13.0 Å². The number of amides is 1. The molecule has 8 nitrogen and oxygen atoms in total. The zero-order chi connectivity index (χ0) is 18.1. The van der Waals surface area contributed by atoms with Gasteiger partial charge in [0, 0.05) is 42.5 Å². The van der Waals surface area contributed by atoms with Gasteiger partial charge in [-0.15, -0.1) is 11.3 Å². The van der Waals surface area contributed by atoms with Crippen LogP contribution in [0.4, 0.5) is 5.13 Å². The number of aromatic nitrogens is 4. The standard InChI is InChI=1S/C17H16N6O2S/c1-18-17-21-13(9-26-17)16(25)23-6-4-11-12(8-23)20-14(22-15(11)24)10-3-2-5-19-7-10/h2-3,5,7,9H,4,6,8H2,1H3,(H,18,21)(H,20,22,24). The van der Waals surface area contributed by atoms with E-state index in [1.807, 2.05) is 6.07 Å². The number of rotatable bonds is 3. The zero-order valence-corrected chi connectivity index (χ0v) is 14.8. The molecule has 0 fully saturated rings. The summed E-state index contributed by atoms with van der Waals surface area (Å²) in [6, 6.07) is 3.62. The predicted molar refractivity (Wildman–Crippen MR) is 98.2 cm³/mol. The number of fused-ring (bicyclic) bond motifs is 1. The topological polar surface area (TPSA) is 104 Å². The van der Waals surface area contributed by atoms with Crippen LogP contribution in [0, 0.1) is 0 Å². The highest BCUT2D eigenvalue weighted by Crippen LogP contribution is 2.21. The van der Waals surface area contributed by atoms with Crippen LogP contribution >= 0.6 is 11.3 Å². The van der Waals surface area contributed by atoms with E-state index in [1.54, 1.807) is 35.8 Å².